The lowest BCUT2D eigenvalue weighted by Gasteiger charge is -2.33. The number of aryl methyl sites for hydroxylation is 2. The second-order valence-electron chi connectivity index (χ2n) is 6.59. The summed E-state index contributed by atoms with van der Waals surface area (Å²) in [4.78, 5) is 26.0. The minimum absolute atomic E-state index is 0.0789. The largest absolute Gasteiger partial charge is 0.480 e. The van der Waals surface area contributed by atoms with Crippen LogP contribution < -0.4 is 0 Å². The van der Waals surface area contributed by atoms with Crippen molar-refractivity contribution in [1.29, 1.82) is 0 Å². The summed E-state index contributed by atoms with van der Waals surface area (Å²) >= 11 is 0. The maximum absolute atomic E-state index is 13.0. The highest BCUT2D eigenvalue weighted by Gasteiger charge is 2.37. The van der Waals surface area contributed by atoms with Crippen LogP contribution in [0.5, 0.6) is 0 Å². The van der Waals surface area contributed by atoms with Gasteiger partial charge in [-0.25, -0.2) is 4.79 Å². The third-order valence-electron chi connectivity index (χ3n) is 4.76. The predicted octanol–water partition coefficient (Wildman–Crippen LogP) is 1.39. The van der Waals surface area contributed by atoms with Crippen LogP contribution in [0.25, 0.3) is 11.3 Å². The first-order valence-corrected chi connectivity index (χ1v) is 8.49. The molecule has 2 aromatic heterocycles. The van der Waals surface area contributed by atoms with Crippen LogP contribution in [0, 0.1) is 13.8 Å². The molecule has 0 bridgehead atoms. The van der Waals surface area contributed by atoms with Gasteiger partial charge in [0, 0.05) is 5.56 Å². The highest BCUT2D eigenvalue weighted by atomic mass is 16.4. The van der Waals surface area contributed by atoms with Gasteiger partial charge in [-0.1, -0.05) is 29.8 Å². The molecule has 0 spiro atoms. The van der Waals surface area contributed by atoms with E-state index in [-0.39, 0.29) is 18.8 Å². The molecule has 4 rings (SSSR count). The first kappa shape index (κ1) is 17.0. The quantitative estimate of drug-likeness (QED) is 0.723. The summed E-state index contributed by atoms with van der Waals surface area (Å²) in [6.07, 6.45) is 0. The number of carbonyl (C=O) groups excluding carboxylic acids is 1. The van der Waals surface area contributed by atoms with Gasteiger partial charge in [0.25, 0.3) is 5.91 Å². The SMILES string of the molecule is Cc1ccc(-c2cc(C(=O)N3Cc4nnc(C)n4CC3C(=O)O)[nH]n2)cc1. The molecule has 1 aliphatic rings. The first-order chi connectivity index (χ1) is 12.9. The van der Waals surface area contributed by atoms with E-state index in [9.17, 15) is 14.7 Å². The fourth-order valence-electron chi connectivity index (χ4n) is 3.20. The Balaban J connectivity index is 1.63. The van der Waals surface area contributed by atoms with Gasteiger partial charge in [0.2, 0.25) is 0 Å². The number of hydrogen-bond acceptors (Lipinski definition) is 5. The van der Waals surface area contributed by atoms with Crippen LogP contribution in [-0.2, 0) is 17.9 Å². The van der Waals surface area contributed by atoms with Crippen molar-refractivity contribution >= 4 is 11.9 Å². The lowest BCUT2D eigenvalue weighted by molar-refractivity contribution is -0.143. The number of nitrogens with one attached hydrogen (secondary N) is 1. The van der Waals surface area contributed by atoms with Gasteiger partial charge < -0.3 is 14.6 Å². The van der Waals surface area contributed by atoms with Crippen molar-refractivity contribution in [2.24, 2.45) is 0 Å². The van der Waals surface area contributed by atoms with Crippen molar-refractivity contribution < 1.29 is 14.7 Å². The van der Waals surface area contributed by atoms with E-state index in [1.165, 1.54) is 4.90 Å². The normalized spacial score (nSPS) is 16.2. The summed E-state index contributed by atoms with van der Waals surface area (Å²) in [5.74, 6) is -0.302. The number of fused-ring (bicyclic) bond motifs is 1. The molecule has 9 heteroatoms. The molecule has 3 heterocycles. The summed E-state index contributed by atoms with van der Waals surface area (Å²) in [7, 11) is 0. The average Bonchev–Trinajstić information content (AvgIpc) is 3.28. The highest BCUT2D eigenvalue weighted by molar-refractivity contribution is 5.96. The summed E-state index contributed by atoms with van der Waals surface area (Å²) in [5, 5.41) is 24.5. The number of benzene rings is 1. The Labute approximate surface area is 154 Å². The van der Waals surface area contributed by atoms with E-state index < -0.39 is 17.9 Å². The monoisotopic (exact) mass is 366 g/mol. The standard InChI is InChI=1S/C18H18N6O3/c1-10-3-5-12(6-4-10)13-7-14(21-20-13)17(25)24-9-16-22-19-11(2)23(16)8-15(24)18(26)27/h3-7,15H,8-9H2,1-2H3,(H,20,21)(H,26,27). The van der Waals surface area contributed by atoms with Crippen LogP contribution in [0.2, 0.25) is 0 Å². The van der Waals surface area contributed by atoms with Crippen molar-refractivity contribution in [3.05, 3.63) is 53.2 Å². The molecule has 0 radical (unpaired) electrons. The Hall–Kier alpha value is -3.49. The van der Waals surface area contributed by atoms with E-state index in [4.69, 9.17) is 0 Å². The molecular weight excluding hydrogens is 348 g/mol. The van der Waals surface area contributed by atoms with Crippen LogP contribution in [0.1, 0.15) is 27.7 Å². The lowest BCUT2D eigenvalue weighted by Crippen LogP contribution is -2.50. The molecule has 138 valence electrons. The number of nitrogens with zero attached hydrogens (tertiary/aromatic N) is 5. The summed E-state index contributed by atoms with van der Waals surface area (Å²) in [6, 6.07) is 8.41. The van der Waals surface area contributed by atoms with Gasteiger partial charge >= 0.3 is 5.97 Å². The number of H-pyrrole nitrogens is 1. The molecule has 0 fully saturated rings. The molecule has 0 aliphatic carbocycles. The average molecular weight is 366 g/mol. The Morgan fingerprint density at radius 1 is 1.19 bits per heavy atom. The molecule has 1 amide bonds. The van der Waals surface area contributed by atoms with Crippen LogP contribution in [0.4, 0.5) is 0 Å². The molecule has 0 saturated heterocycles. The van der Waals surface area contributed by atoms with Gasteiger partial charge in [-0.05, 0) is 19.9 Å². The second kappa shape index (κ2) is 6.35. The van der Waals surface area contributed by atoms with Gasteiger partial charge in [0.15, 0.2) is 5.82 Å². The molecule has 1 aromatic carbocycles. The molecule has 2 N–H and O–H groups in total. The fraction of sp³-hybridized carbons (Fsp3) is 0.278. The summed E-state index contributed by atoms with van der Waals surface area (Å²) < 4.78 is 1.73. The molecule has 3 aromatic rings. The van der Waals surface area contributed by atoms with Crippen molar-refractivity contribution in [1.82, 2.24) is 29.9 Å². The second-order valence-corrected chi connectivity index (χ2v) is 6.59. The zero-order valence-corrected chi connectivity index (χ0v) is 14.9. The molecule has 9 nitrogen and oxygen atoms in total. The number of carbonyl (C=O) groups is 2. The zero-order valence-electron chi connectivity index (χ0n) is 14.9. The Kier molecular flexibility index (Phi) is 3.98. The van der Waals surface area contributed by atoms with Crippen molar-refractivity contribution in [3.8, 4) is 11.3 Å². The lowest BCUT2D eigenvalue weighted by atomic mass is 10.1. The number of rotatable bonds is 3. The third-order valence-corrected chi connectivity index (χ3v) is 4.76. The van der Waals surface area contributed by atoms with Gasteiger partial charge in [-0.2, -0.15) is 5.10 Å². The number of aromatic nitrogens is 5. The highest BCUT2D eigenvalue weighted by Crippen LogP contribution is 2.23. The molecule has 27 heavy (non-hydrogen) atoms. The number of hydrogen-bond donors (Lipinski definition) is 2. The van der Waals surface area contributed by atoms with E-state index in [1.54, 1.807) is 17.6 Å². The minimum Gasteiger partial charge on any atom is -0.480 e. The predicted molar refractivity (Wildman–Crippen MR) is 94.8 cm³/mol. The summed E-state index contributed by atoms with van der Waals surface area (Å²) in [6.45, 7) is 3.95. The number of carboxylic acid groups (broad SMARTS) is 1. The molecule has 1 aliphatic heterocycles. The minimum atomic E-state index is -1.07. The number of carboxylic acids is 1. The van der Waals surface area contributed by atoms with Gasteiger partial charge in [-0.15, -0.1) is 10.2 Å². The van der Waals surface area contributed by atoms with Gasteiger partial charge in [-0.3, -0.25) is 9.89 Å². The van der Waals surface area contributed by atoms with Crippen LogP contribution in [0.3, 0.4) is 0 Å². The maximum Gasteiger partial charge on any atom is 0.328 e. The van der Waals surface area contributed by atoms with Crippen LogP contribution >= 0.6 is 0 Å². The van der Waals surface area contributed by atoms with Gasteiger partial charge in [0.1, 0.15) is 17.6 Å². The van der Waals surface area contributed by atoms with E-state index >= 15 is 0 Å². The molecule has 1 atom stereocenters. The Morgan fingerprint density at radius 2 is 1.93 bits per heavy atom. The number of aliphatic carboxylic acids is 1. The Bertz CT molecular complexity index is 1020. The van der Waals surface area contributed by atoms with Crippen LogP contribution in [-0.4, -0.2) is 52.9 Å². The van der Waals surface area contributed by atoms with Gasteiger partial charge in [0.05, 0.1) is 18.8 Å². The molecular formula is C18H18N6O3. The van der Waals surface area contributed by atoms with E-state index in [0.29, 0.717) is 17.3 Å². The Morgan fingerprint density at radius 3 is 2.63 bits per heavy atom. The number of amides is 1. The molecule has 0 saturated carbocycles. The zero-order chi connectivity index (χ0) is 19.1. The van der Waals surface area contributed by atoms with Crippen molar-refractivity contribution in [3.63, 3.8) is 0 Å². The first-order valence-electron chi connectivity index (χ1n) is 8.49. The van der Waals surface area contributed by atoms with E-state index in [0.717, 1.165) is 11.1 Å². The van der Waals surface area contributed by atoms with Crippen LogP contribution in [0.15, 0.2) is 30.3 Å². The maximum atomic E-state index is 13.0. The molecule has 1 unspecified atom stereocenters. The topological polar surface area (TPSA) is 117 Å². The van der Waals surface area contributed by atoms with E-state index in [2.05, 4.69) is 20.4 Å². The number of aromatic amines is 1. The van der Waals surface area contributed by atoms with Crippen molar-refractivity contribution in [2.45, 2.75) is 33.0 Å². The summed E-state index contributed by atoms with van der Waals surface area (Å²) in [5.41, 5.74) is 2.87. The van der Waals surface area contributed by atoms with Crippen molar-refractivity contribution in [2.75, 3.05) is 0 Å². The third kappa shape index (κ3) is 2.97. The van der Waals surface area contributed by atoms with E-state index in [1.807, 2.05) is 31.2 Å². The smallest absolute Gasteiger partial charge is 0.328 e. The fourth-order valence-corrected chi connectivity index (χ4v) is 3.20.